The Balaban J connectivity index is 1.65. The second kappa shape index (κ2) is 5.53. The van der Waals surface area contributed by atoms with Crippen LogP contribution in [0.4, 0.5) is 0 Å². The Morgan fingerprint density at radius 3 is 2.53 bits per heavy atom. The molecule has 2 aliphatic carbocycles. The average molecular weight is 265 g/mol. The minimum Gasteiger partial charge on any atom is -0.375 e. The SMILES string of the molecule is NC1CCCC1C(=O)C1CCOC2(CCCCC2)C1. The van der Waals surface area contributed by atoms with Gasteiger partial charge in [-0.05, 0) is 38.5 Å². The first-order valence-corrected chi connectivity index (χ1v) is 8.13. The molecule has 1 aliphatic heterocycles. The minimum atomic E-state index is 0.0412. The maximum atomic E-state index is 12.7. The zero-order valence-electron chi connectivity index (χ0n) is 11.9. The molecule has 2 N–H and O–H groups in total. The molecule has 1 saturated heterocycles. The average Bonchev–Trinajstić information content (AvgIpc) is 2.85. The summed E-state index contributed by atoms with van der Waals surface area (Å²) in [6.07, 6.45) is 11.3. The summed E-state index contributed by atoms with van der Waals surface area (Å²) in [4.78, 5) is 12.7. The van der Waals surface area contributed by atoms with Crippen molar-refractivity contribution in [2.45, 2.75) is 75.9 Å². The third kappa shape index (κ3) is 2.73. The van der Waals surface area contributed by atoms with E-state index in [-0.39, 0.29) is 23.5 Å². The highest BCUT2D eigenvalue weighted by atomic mass is 16.5. The van der Waals surface area contributed by atoms with E-state index in [0.29, 0.717) is 5.78 Å². The molecule has 1 heterocycles. The zero-order valence-corrected chi connectivity index (χ0v) is 11.9. The van der Waals surface area contributed by atoms with Crippen LogP contribution in [0.15, 0.2) is 0 Å². The fourth-order valence-corrected chi connectivity index (χ4v) is 4.46. The number of carbonyl (C=O) groups is 1. The van der Waals surface area contributed by atoms with Gasteiger partial charge in [-0.15, -0.1) is 0 Å². The van der Waals surface area contributed by atoms with E-state index >= 15 is 0 Å². The normalized spacial score (nSPS) is 38.5. The van der Waals surface area contributed by atoms with E-state index in [0.717, 1.165) is 51.6 Å². The van der Waals surface area contributed by atoms with E-state index in [1.165, 1.54) is 19.3 Å². The first-order chi connectivity index (χ1) is 9.20. The third-order valence-electron chi connectivity index (χ3n) is 5.59. The number of ether oxygens (including phenoxy) is 1. The first kappa shape index (κ1) is 13.6. The van der Waals surface area contributed by atoms with Crippen LogP contribution in [0.3, 0.4) is 0 Å². The molecule has 3 heteroatoms. The highest BCUT2D eigenvalue weighted by molar-refractivity contribution is 5.84. The van der Waals surface area contributed by atoms with Crippen molar-refractivity contribution in [1.82, 2.24) is 0 Å². The lowest BCUT2D eigenvalue weighted by molar-refractivity contribution is -0.146. The predicted octanol–water partition coefficient (Wildman–Crippen LogP) is 2.81. The first-order valence-electron chi connectivity index (χ1n) is 8.13. The lowest BCUT2D eigenvalue weighted by Crippen LogP contribution is -2.45. The Kier molecular flexibility index (Phi) is 3.95. The van der Waals surface area contributed by atoms with Crippen molar-refractivity contribution in [3.05, 3.63) is 0 Å². The van der Waals surface area contributed by atoms with Gasteiger partial charge in [-0.2, -0.15) is 0 Å². The van der Waals surface area contributed by atoms with Crippen LogP contribution < -0.4 is 5.73 Å². The number of hydrogen-bond donors (Lipinski definition) is 1. The van der Waals surface area contributed by atoms with E-state index < -0.39 is 0 Å². The molecule has 0 amide bonds. The maximum Gasteiger partial charge on any atom is 0.140 e. The molecule has 0 aromatic carbocycles. The Morgan fingerprint density at radius 2 is 1.84 bits per heavy atom. The van der Waals surface area contributed by atoms with Gasteiger partial charge in [0.1, 0.15) is 5.78 Å². The molecule has 0 radical (unpaired) electrons. The summed E-state index contributed by atoms with van der Waals surface area (Å²) in [5.41, 5.74) is 6.15. The van der Waals surface area contributed by atoms with Crippen molar-refractivity contribution >= 4 is 5.78 Å². The maximum absolute atomic E-state index is 12.7. The second-order valence-electron chi connectivity index (χ2n) is 6.89. The van der Waals surface area contributed by atoms with Crippen LogP contribution in [0.2, 0.25) is 0 Å². The van der Waals surface area contributed by atoms with Crippen molar-refractivity contribution in [3.63, 3.8) is 0 Å². The van der Waals surface area contributed by atoms with Crippen LogP contribution >= 0.6 is 0 Å². The molecular weight excluding hydrogens is 238 g/mol. The number of nitrogens with two attached hydrogens (primary N) is 1. The highest BCUT2D eigenvalue weighted by Crippen LogP contribution is 2.42. The summed E-state index contributed by atoms with van der Waals surface area (Å²) in [7, 11) is 0. The molecule has 3 aliphatic rings. The van der Waals surface area contributed by atoms with Crippen molar-refractivity contribution < 1.29 is 9.53 Å². The van der Waals surface area contributed by atoms with Gasteiger partial charge in [0, 0.05) is 24.5 Å². The quantitative estimate of drug-likeness (QED) is 0.835. The Bertz CT molecular complexity index is 330. The molecule has 3 atom stereocenters. The highest BCUT2D eigenvalue weighted by Gasteiger charge is 2.43. The van der Waals surface area contributed by atoms with Gasteiger partial charge < -0.3 is 10.5 Å². The molecule has 0 aromatic rings. The number of carbonyl (C=O) groups excluding carboxylic acids is 1. The van der Waals surface area contributed by atoms with Crippen LogP contribution in [0.1, 0.15) is 64.2 Å². The third-order valence-corrected chi connectivity index (χ3v) is 5.59. The molecule has 108 valence electrons. The molecule has 1 spiro atoms. The van der Waals surface area contributed by atoms with Gasteiger partial charge in [0.05, 0.1) is 5.60 Å². The fraction of sp³-hybridized carbons (Fsp3) is 0.938. The van der Waals surface area contributed by atoms with E-state index in [4.69, 9.17) is 10.5 Å². The molecule has 3 unspecified atom stereocenters. The summed E-state index contributed by atoms with van der Waals surface area (Å²) in [5.74, 6) is 0.822. The standard InChI is InChI=1S/C16H27NO2/c17-14-6-4-5-13(14)15(18)12-7-10-19-16(11-12)8-2-1-3-9-16/h12-14H,1-11,17H2. The molecule has 3 rings (SSSR count). The molecule has 0 aromatic heterocycles. The summed E-state index contributed by atoms with van der Waals surface area (Å²) >= 11 is 0. The lowest BCUT2D eigenvalue weighted by Gasteiger charge is -2.43. The number of Topliss-reactive ketones (excluding diaryl/α,β-unsaturated/α-hetero) is 1. The molecule has 3 fully saturated rings. The zero-order chi connectivity index (χ0) is 13.3. The van der Waals surface area contributed by atoms with Crippen LogP contribution in [0.5, 0.6) is 0 Å². The van der Waals surface area contributed by atoms with Crippen LogP contribution in [-0.2, 0) is 9.53 Å². The lowest BCUT2D eigenvalue weighted by atomic mass is 9.73. The summed E-state index contributed by atoms with van der Waals surface area (Å²) in [6.45, 7) is 0.776. The number of hydrogen-bond acceptors (Lipinski definition) is 3. The molecule has 19 heavy (non-hydrogen) atoms. The van der Waals surface area contributed by atoms with Gasteiger partial charge in [0.15, 0.2) is 0 Å². The summed E-state index contributed by atoms with van der Waals surface area (Å²) in [5, 5.41) is 0. The molecule has 0 bridgehead atoms. The fourth-order valence-electron chi connectivity index (χ4n) is 4.46. The predicted molar refractivity (Wildman–Crippen MR) is 74.8 cm³/mol. The second-order valence-corrected chi connectivity index (χ2v) is 6.89. The smallest absolute Gasteiger partial charge is 0.140 e. The Morgan fingerprint density at radius 1 is 1.05 bits per heavy atom. The van der Waals surface area contributed by atoms with Crippen molar-refractivity contribution in [3.8, 4) is 0 Å². The topological polar surface area (TPSA) is 52.3 Å². The monoisotopic (exact) mass is 265 g/mol. The van der Waals surface area contributed by atoms with Gasteiger partial charge in [0.25, 0.3) is 0 Å². The van der Waals surface area contributed by atoms with Gasteiger partial charge in [-0.25, -0.2) is 0 Å². The van der Waals surface area contributed by atoms with Gasteiger partial charge in [0.2, 0.25) is 0 Å². The molecule has 3 nitrogen and oxygen atoms in total. The van der Waals surface area contributed by atoms with Crippen molar-refractivity contribution in [2.24, 2.45) is 17.6 Å². The number of ketones is 1. The van der Waals surface area contributed by atoms with Gasteiger partial charge in [-0.1, -0.05) is 25.7 Å². The minimum absolute atomic E-state index is 0.0412. The van der Waals surface area contributed by atoms with E-state index in [1.54, 1.807) is 0 Å². The van der Waals surface area contributed by atoms with Crippen molar-refractivity contribution in [2.75, 3.05) is 6.61 Å². The van der Waals surface area contributed by atoms with Crippen LogP contribution in [0.25, 0.3) is 0 Å². The van der Waals surface area contributed by atoms with Crippen LogP contribution in [0, 0.1) is 11.8 Å². The Hall–Kier alpha value is -0.410. The van der Waals surface area contributed by atoms with Crippen molar-refractivity contribution in [1.29, 1.82) is 0 Å². The molecular formula is C16H27NO2. The Labute approximate surface area is 116 Å². The van der Waals surface area contributed by atoms with Gasteiger partial charge in [-0.3, -0.25) is 4.79 Å². The number of rotatable bonds is 2. The summed E-state index contributed by atoms with van der Waals surface area (Å²) in [6, 6.07) is 0.123. The van der Waals surface area contributed by atoms with E-state index in [1.807, 2.05) is 0 Å². The van der Waals surface area contributed by atoms with Crippen LogP contribution in [-0.4, -0.2) is 24.0 Å². The van der Waals surface area contributed by atoms with E-state index in [9.17, 15) is 4.79 Å². The summed E-state index contributed by atoms with van der Waals surface area (Å²) < 4.78 is 6.09. The largest absolute Gasteiger partial charge is 0.375 e. The van der Waals surface area contributed by atoms with Gasteiger partial charge >= 0.3 is 0 Å². The molecule has 2 saturated carbocycles. The van der Waals surface area contributed by atoms with E-state index in [2.05, 4.69) is 0 Å².